The van der Waals surface area contributed by atoms with Crippen molar-refractivity contribution < 1.29 is 9.26 Å². The largest absolute Gasteiger partial charge is 0.481 e. The highest BCUT2D eigenvalue weighted by molar-refractivity contribution is 5.51. The number of para-hydroxylation sites is 1. The van der Waals surface area contributed by atoms with Gasteiger partial charge in [0.25, 0.3) is 5.89 Å². The molecule has 20 heavy (non-hydrogen) atoms. The first-order valence-corrected chi connectivity index (χ1v) is 6.28. The molecule has 0 saturated heterocycles. The summed E-state index contributed by atoms with van der Waals surface area (Å²) in [6.07, 6.45) is 3.08. The average molecular weight is 267 g/mol. The van der Waals surface area contributed by atoms with Crippen molar-refractivity contribution in [2.45, 2.75) is 13.0 Å². The second-order valence-electron chi connectivity index (χ2n) is 4.27. The Kier molecular flexibility index (Phi) is 3.41. The topological polar surface area (TPSA) is 61.0 Å². The zero-order valence-electron chi connectivity index (χ0n) is 10.9. The quantitative estimate of drug-likeness (QED) is 0.726. The van der Waals surface area contributed by atoms with Gasteiger partial charge < -0.3 is 9.26 Å². The van der Waals surface area contributed by atoms with E-state index in [0.717, 1.165) is 11.3 Å². The van der Waals surface area contributed by atoms with Crippen molar-refractivity contribution in [3.63, 3.8) is 0 Å². The van der Waals surface area contributed by atoms with Crippen molar-refractivity contribution in [2.24, 2.45) is 0 Å². The van der Waals surface area contributed by atoms with Gasteiger partial charge >= 0.3 is 0 Å². The summed E-state index contributed by atoms with van der Waals surface area (Å²) in [6, 6.07) is 13.2. The lowest BCUT2D eigenvalue weighted by atomic mass is 10.3. The number of aromatic nitrogens is 3. The molecule has 5 heteroatoms. The van der Waals surface area contributed by atoms with Crippen LogP contribution < -0.4 is 4.74 Å². The van der Waals surface area contributed by atoms with Gasteiger partial charge in [0, 0.05) is 18.0 Å². The van der Waals surface area contributed by atoms with Gasteiger partial charge in [0.1, 0.15) is 5.75 Å². The summed E-state index contributed by atoms with van der Waals surface area (Å²) in [5.41, 5.74) is 0.814. The van der Waals surface area contributed by atoms with E-state index in [4.69, 9.17) is 9.26 Å². The Morgan fingerprint density at radius 2 is 1.95 bits per heavy atom. The van der Waals surface area contributed by atoms with Gasteiger partial charge in [-0.05, 0) is 31.2 Å². The van der Waals surface area contributed by atoms with E-state index in [-0.39, 0.29) is 6.10 Å². The number of pyridine rings is 1. The average Bonchev–Trinajstić information content (AvgIpc) is 2.99. The van der Waals surface area contributed by atoms with Crippen molar-refractivity contribution in [3.8, 4) is 17.1 Å². The molecule has 0 aliphatic carbocycles. The van der Waals surface area contributed by atoms with Gasteiger partial charge in [-0.1, -0.05) is 23.4 Å². The molecule has 0 bridgehead atoms. The van der Waals surface area contributed by atoms with Gasteiger partial charge in [0.05, 0.1) is 0 Å². The third-order valence-corrected chi connectivity index (χ3v) is 2.77. The van der Waals surface area contributed by atoms with Gasteiger partial charge in [-0.3, -0.25) is 4.98 Å². The molecule has 2 heterocycles. The maximum Gasteiger partial charge on any atom is 0.267 e. The smallest absolute Gasteiger partial charge is 0.267 e. The van der Waals surface area contributed by atoms with Crippen LogP contribution in [0.5, 0.6) is 5.75 Å². The molecule has 0 saturated carbocycles. The van der Waals surface area contributed by atoms with Crippen LogP contribution in [0.15, 0.2) is 59.4 Å². The van der Waals surface area contributed by atoms with Crippen LogP contribution in [0.1, 0.15) is 18.9 Å². The summed E-state index contributed by atoms with van der Waals surface area (Å²) < 4.78 is 11.0. The van der Waals surface area contributed by atoms with E-state index < -0.39 is 0 Å². The van der Waals surface area contributed by atoms with Gasteiger partial charge in [0.15, 0.2) is 6.10 Å². The third kappa shape index (κ3) is 2.66. The maximum absolute atomic E-state index is 5.74. The van der Waals surface area contributed by atoms with E-state index in [2.05, 4.69) is 15.1 Å². The lowest BCUT2D eigenvalue weighted by Gasteiger charge is -2.09. The van der Waals surface area contributed by atoms with Crippen molar-refractivity contribution in [2.75, 3.05) is 0 Å². The van der Waals surface area contributed by atoms with Crippen LogP contribution in [-0.4, -0.2) is 15.1 Å². The number of ether oxygens (including phenoxy) is 1. The minimum absolute atomic E-state index is 0.310. The second kappa shape index (κ2) is 5.52. The number of hydrogen-bond acceptors (Lipinski definition) is 5. The Bertz CT molecular complexity index is 668. The highest BCUT2D eigenvalue weighted by Crippen LogP contribution is 2.22. The van der Waals surface area contributed by atoms with E-state index in [9.17, 15) is 0 Å². The molecule has 0 N–H and O–H groups in total. The molecule has 0 fully saturated rings. The minimum atomic E-state index is -0.310. The predicted octanol–water partition coefficient (Wildman–Crippen LogP) is 3.27. The highest BCUT2D eigenvalue weighted by atomic mass is 16.5. The molecule has 5 nitrogen and oxygen atoms in total. The van der Waals surface area contributed by atoms with Crippen LogP contribution in [0.4, 0.5) is 0 Å². The summed E-state index contributed by atoms with van der Waals surface area (Å²) >= 11 is 0. The van der Waals surface area contributed by atoms with Crippen molar-refractivity contribution in [3.05, 3.63) is 60.7 Å². The van der Waals surface area contributed by atoms with Gasteiger partial charge in [0.2, 0.25) is 5.82 Å². The highest BCUT2D eigenvalue weighted by Gasteiger charge is 2.16. The Morgan fingerprint density at radius 1 is 1.10 bits per heavy atom. The normalized spacial score (nSPS) is 12.1. The fraction of sp³-hybridized carbons (Fsp3) is 0.133. The van der Waals surface area contributed by atoms with Gasteiger partial charge in [-0.25, -0.2) is 0 Å². The van der Waals surface area contributed by atoms with Gasteiger partial charge in [-0.15, -0.1) is 0 Å². The summed E-state index contributed by atoms with van der Waals surface area (Å²) in [7, 11) is 0. The first-order chi connectivity index (χ1) is 9.83. The maximum atomic E-state index is 5.74. The van der Waals surface area contributed by atoms with Crippen molar-refractivity contribution >= 4 is 0 Å². The van der Waals surface area contributed by atoms with Crippen molar-refractivity contribution in [1.29, 1.82) is 0 Å². The molecular weight excluding hydrogens is 254 g/mol. The Hall–Kier alpha value is -2.69. The van der Waals surface area contributed by atoms with E-state index in [1.165, 1.54) is 0 Å². The van der Waals surface area contributed by atoms with Crippen LogP contribution in [0.25, 0.3) is 11.4 Å². The zero-order valence-corrected chi connectivity index (χ0v) is 10.9. The molecule has 1 atom stereocenters. The standard InChI is InChI=1S/C15H13N3O2/c1-11(19-13-7-3-2-4-8-13)15-17-14(18-20-15)12-6-5-9-16-10-12/h2-11H,1H3/t11-/m1/s1. The molecule has 0 aliphatic heterocycles. The predicted molar refractivity (Wildman–Crippen MR) is 73.0 cm³/mol. The first kappa shape index (κ1) is 12.3. The lowest BCUT2D eigenvalue weighted by molar-refractivity contribution is 0.176. The molecule has 3 rings (SSSR count). The fourth-order valence-electron chi connectivity index (χ4n) is 1.77. The van der Waals surface area contributed by atoms with Crippen molar-refractivity contribution in [1.82, 2.24) is 15.1 Å². The fourth-order valence-corrected chi connectivity index (χ4v) is 1.77. The molecule has 100 valence electrons. The molecule has 2 aromatic heterocycles. The molecule has 3 aromatic rings. The molecule has 0 amide bonds. The SMILES string of the molecule is C[C@@H](Oc1ccccc1)c1nc(-c2cccnc2)no1. The Morgan fingerprint density at radius 3 is 2.70 bits per heavy atom. The monoisotopic (exact) mass is 267 g/mol. The van der Waals surface area contributed by atoms with Crippen LogP contribution >= 0.6 is 0 Å². The van der Waals surface area contributed by atoms with Crippen LogP contribution in [0.2, 0.25) is 0 Å². The number of nitrogens with zero attached hydrogens (tertiary/aromatic N) is 3. The van der Waals surface area contributed by atoms with E-state index in [0.29, 0.717) is 11.7 Å². The third-order valence-electron chi connectivity index (χ3n) is 2.77. The molecule has 1 aromatic carbocycles. The Labute approximate surface area is 116 Å². The van der Waals surface area contributed by atoms with Crippen LogP contribution in [0, 0.1) is 0 Å². The van der Waals surface area contributed by atoms with Gasteiger partial charge in [-0.2, -0.15) is 4.98 Å². The van der Waals surface area contributed by atoms with E-state index in [1.54, 1.807) is 12.4 Å². The summed E-state index contributed by atoms with van der Waals surface area (Å²) in [5.74, 6) is 1.71. The zero-order chi connectivity index (χ0) is 13.8. The number of rotatable bonds is 4. The van der Waals surface area contributed by atoms with Crippen LogP contribution in [0.3, 0.4) is 0 Å². The summed E-state index contributed by atoms with van der Waals surface area (Å²) in [4.78, 5) is 8.36. The molecule has 0 radical (unpaired) electrons. The molecular formula is C15H13N3O2. The number of benzene rings is 1. The Balaban J connectivity index is 1.77. The lowest BCUT2D eigenvalue weighted by Crippen LogP contribution is -2.03. The molecule has 0 spiro atoms. The minimum Gasteiger partial charge on any atom is -0.481 e. The summed E-state index contributed by atoms with van der Waals surface area (Å²) in [6.45, 7) is 1.87. The van der Waals surface area contributed by atoms with E-state index >= 15 is 0 Å². The molecule has 0 unspecified atom stereocenters. The first-order valence-electron chi connectivity index (χ1n) is 6.28. The molecule has 0 aliphatic rings. The summed E-state index contributed by atoms with van der Waals surface area (Å²) in [5, 5.41) is 3.94. The van der Waals surface area contributed by atoms with E-state index in [1.807, 2.05) is 49.4 Å². The number of hydrogen-bond donors (Lipinski definition) is 0. The second-order valence-corrected chi connectivity index (χ2v) is 4.27. The van der Waals surface area contributed by atoms with Crippen LogP contribution in [-0.2, 0) is 0 Å².